The average Bonchev–Trinajstić information content (AvgIpc) is 3.75. The summed E-state index contributed by atoms with van der Waals surface area (Å²) in [6, 6.07) is 4.63. The van der Waals surface area contributed by atoms with Crippen molar-refractivity contribution in [3.05, 3.63) is 41.6 Å². The molecule has 0 bridgehead atoms. The zero-order valence-corrected chi connectivity index (χ0v) is 34.0. The van der Waals surface area contributed by atoms with E-state index in [1.54, 1.807) is 37.4 Å². The quantitative estimate of drug-likeness (QED) is 0.143. The molecule has 1 aliphatic heterocycles. The van der Waals surface area contributed by atoms with Gasteiger partial charge >= 0.3 is 0 Å². The lowest BCUT2D eigenvalue weighted by atomic mass is 9.82. The number of fused-ring (bicyclic) bond motifs is 1. The van der Waals surface area contributed by atoms with Crippen LogP contribution in [0.25, 0.3) is 11.1 Å². The van der Waals surface area contributed by atoms with Crippen molar-refractivity contribution in [3.63, 3.8) is 0 Å². The fraction of sp³-hybridized carbons (Fsp3) is 0.585. The smallest absolute Gasteiger partial charge is 0.296 e. The van der Waals surface area contributed by atoms with Crippen molar-refractivity contribution in [2.75, 3.05) is 19.0 Å². The van der Waals surface area contributed by atoms with Crippen LogP contribution in [0.4, 0.5) is 6.01 Å². The third kappa shape index (κ3) is 10.5. The SMILES string of the molecule is CCCC(NC(=O)[C@H]1CC(Oc2ccc(Cl)cn2)CN1C(=O)[C@H](NC(=O)[C@@H](Nc1nc2cc(OC)ccc2o1)C1CCCCC1)C(C)(C)C)C(=O)C(=O)NC1CC1. The standard InChI is InChI=1S/C41H54ClN7O8/c1-6-10-28(34(50)38(53)44-25-14-15-25)45-36(51)30-20-27(56-32-18-13-24(42)21-43-32)22-49(30)39(54)35(41(2,3)4)48-37(52)33(23-11-8-7-9-12-23)47-40-46-29-19-26(55-5)16-17-31(29)57-40/h13,16-19,21,23,25,27-28,30,33,35H,6-12,14-15,20,22H2,1-5H3,(H,44,53)(H,45,51)(H,46,47)(H,48,52)/t27?,28?,30-,33+,35+/m1/s1. The minimum Gasteiger partial charge on any atom is -0.497 e. The van der Waals surface area contributed by atoms with Gasteiger partial charge in [-0.25, -0.2) is 4.98 Å². The predicted molar refractivity (Wildman–Crippen MR) is 213 cm³/mol. The zero-order valence-electron chi connectivity index (χ0n) is 33.3. The molecule has 3 fully saturated rings. The molecule has 1 saturated heterocycles. The van der Waals surface area contributed by atoms with Gasteiger partial charge in [0.15, 0.2) is 5.58 Å². The third-order valence-electron chi connectivity index (χ3n) is 10.9. The van der Waals surface area contributed by atoms with Crippen molar-refractivity contribution in [2.24, 2.45) is 11.3 Å². The summed E-state index contributed by atoms with van der Waals surface area (Å²) in [5.41, 5.74) is 0.286. The summed E-state index contributed by atoms with van der Waals surface area (Å²) in [5, 5.41) is 12.2. The highest BCUT2D eigenvalue weighted by atomic mass is 35.5. The molecule has 1 aromatic carbocycles. The number of rotatable bonds is 16. The van der Waals surface area contributed by atoms with Gasteiger partial charge in [-0.15, -0.1) is 0 Å². The van der Waals surface area contributed by atoms with Gasteiger partial charge in [0.2, 0.25) is 29.4 Å². The molecule has 3 heterocycles. The first-order valence-electron chi connectivity index (χ1n) is 20.0. The first-order chi connectivity index (χ1) is 27.2. The predicted octanol–water partition coefficient (Wildman–Crippen LogP) is 4.96. The fourth-order valence-electron chi connectivity index (χ4n) is 7.59. The molecule has 3 aromatic rings. The van der Waals surface area contributed by atoms with Crippen LogP contribution in [0.5, 0.6) is 11.6 Å². The van der Waals surface area contributed by atoms with Crippen LogP contribution in [0.15, 0.2) is 40.9 Å². The maximum absolute atomic E-state index is 14.9. The van der Waals surface area contributed by atoms with Crippen LogP contribution in [0.3, 0.4) is 0 Å². The number of anilines is 1. The summed E-state index contributed by atoms with van der Waals surface area (Å²) in [5.74, 6) is -2.14. The van der Waals surface area contributed by atoms with E-state index in [4.69, 9.17) is 25.5 Å². The summed E-state index contributed by atoms with van der Waals surface area (Å²) < 4.78 is 17.5. The van der Waals surface area contributed by atoms with Gasteiger partial charge < -0.3 is 40.1 Å². The number of nitrogens with zero attached hydrogens (tertiary/aromatic N) is 3. The average molecular weight is 808 g/mol. The number of hydrogen-bond acceptors (Lipinski definition) is 11. The molecule has 5 atom stereocenters. The van der Waals surface area contributed by atoms with E-state index in [1.165, 1.54) is 11.1 Å². The first kappa shape index (κ1) is 41.7. The molecular formula is C41H54ClN7O8. The summed E-state index contributed by atoms with van der Waals surface area (Å²) in [4.78, 5) is 79.7. The largest absolute Gasteiger partial charge is 0.497 e. The lowest BCUT2D eigenvalue weighted by Gasteiger charge is -2.37. The van der Waals surface area contributed by atoms with Crippen LogP contribution in [0.2, 0.25) is 5.02 Å². The van der Waals surface area contributed by atoms with Gasteiger partial charge in [0.05, 0.1) is 24.7 Å². The van der Waals surface area contributed by atoms with E-state index in [-0.39, 0.29) is 43.2 Å². The molecule has 3 aliphatic rings. The van der Waals surface area contributed by atoms with Gasteiger partial charge in [-0.3, -0.25) is 24.0 Å². The Morgan fingerprint density at radius 2 is 1.77 bits per heavy atom. The van der Waals surface area contributed by atoms with Crippen molar-refractivity contribution in [2.45, 2.75) is 128 Å². The number of pyridine rings is 1. The van der Waals surface area contributed by atoms with Crippen molar-refractivity contribution in [1.82, 2.24) is 30.8 Å². The van der Waals surface area contributed by atoms with Crippen molar-refractivity contribution in [3.8, 4) is 11.6 Å². The number of nitrogens with one attached hydrogen (secondary N) is 4. The summed E-state index contributed by atoms with van der Waals surface area (Å²) in [6.07, 6.45) is 7.82. The molecule has 4 N–H and O–H groups in total. The van der Waals surface area contributed by atoms with Gasteiger partial charge in [-0.1, -0.05) is 65.0 Å². The minimum atomic E-state index is -1.08. The van der Waals surface area contributed by atoms with Crippen LogP contribution in [0, 0.1) is 11.3 Å². The Labute approximate surface area is 337 Å². The molecule has 2 aromatic heterocycles. The molecule has 308 valence electrons. The van der Waals surface area contributed by atoms with E-state index in [1.807, 2.05) is 27.7 Å². The van der Waals surface area contributed by atoms with Crippen LogP contribution >= 0.6 is 11.6 Å². The Bertz CT molecular complexity index is 1920. The number of ketones is 1. The maximum atomic E-state index is 14.9. The number of benzene rings is 1. The van der Waals surface area contributed by atoms with Crippen LogP contribution in [-0.2, 0) is 24.0 Å². The number of halogens is 1. The van der Waals surface area contributed by atoms with E-state index >= 15 is 0 Å². The molecule has 15 nitrogen and oxygen atoms in total. The van der Waals surface area contributed by atoms with Gasteiger partial charge in [0.1, 0.15) is 35.5 Å². The number of Topliss-reactive ketones (excluding diaryl/α,β-unsaturated/α-hetero) is 1. The third-order valence-corrected chi connectivity index (χ3v) is 11.1. The summed E-state index contributed by atoms with van der Waals surface area (Å²) in [6.45, 7) is 7.39. The number of oxazole rings is 1. The van der Waals surface area contributed by atoms with Crippen molar-refractivity contribution >= 4 is 58.1 Å². The molecule has 0 spiro atoms. The lowest BCUT2D eigenvalue weighted by molar-refractivity contribution is -0.145. The topological polar surface area (TPSA) is 194 Å². The molecule has 2 saturated carbocycles. The molecule has 2 aliphatic carbocycles. The van der Waals surface area contributed by atoms with Crippen LogP contribution in [-0.4, -0.2) is 94.2 Å². The molecule has 57 heavy (non-hydrogen) atoms. The summed E-state index contributed by atoms with van der Waals surface area (Å²) in [7, 11) is 1.57. The summed E-state index contributed by atoms with van der Waals surface area (Å²) >= 11 is 6.04. The zero-order chi connectivity index (χ0) is 40.9. The second kappa shape index (κ2) is 18.1. The van der Waals surface area contributed by atoms with Crippen LogP contribution in [0.1, 0.15) is 91.9 Å². The fourth-order valence-corrected chi connectivity index (χ4v) is 7.70. The molecule has 4 amide bonds. The Balaban J connectivity index is 1.25. The Kier molecular flexibility index (Phi) is 13.3. The highest BCUT2D eigenvalue weighted by molar-refractivity contribution is 6.38. The van der Waals surface area contributed by atoms with E-state index in [0.29, 0.717) is 28.3 Å². The Morgan fingerprint density at radius 3 is 2.42 bits per heavy atom. The van der Waals surface area contributed by atoms with Crippen LogP contribution < -0.4 is 30.7 Å². The van der Waals surface area contributed by atoms with Crippen molar-refractivity contribution < 1.29 is 37.9 Å². The molecule has 2 unspecified atom stereocenters. The Hall–Kier alpha value is -4.92. The number of amides is 4. The van der Waals surface area contributed by atoms with Crippen molar-refractivity contribution in [1.29, 1.82) is 0 Å². The van der Waals surface area contributed by atoms with Gasteiger partial charge in [-0.2, -0.15) is 4.98 Å². The highest BCUT2D eigenvalue weighted by Crippen LogP contribution is 2.32. The number of ether oxygens (including phenoxy) is 2. The second-order valence-electron chi connectivity index (χ2n) is 16.4. The number of likely N-dealkylation sites (tertiary alicyclic amines) is 1. The molecular weight excluding hydrogens is 754 g/mol. The van der Waals surface area contributed by atoms with E-state index in [0.717, 1.165) is 44.9 Å². The first-order valence-corrected chi connectivity index (χ1v) is 20.4. The number of carbonyl (C=O) groups is 5. The minimum absolute atomic E-state index is 0.00506. The number of carbonyl (C=O) groups excluding carboxylic acids is 5. The maximum Gasteiger partial charge on any atom is 0.296 e. The number of methoxy groups -OCH3 is 1. The molecule has 16 heteroatoms. The van der Waals surface area contributed by atoms with E-state index in [2.05, 4.69) is 31.2 Å². The lowest BCUT2D eigenvalue weighted by Crippen LogP contribution is -2.61. The molecule has 6 rings (SSSR count). The monoisotopic (exact) mass is 807 g/mol. The second-order valence-corrected chi connectivity index (χ2v) is 16.9. The van der Waals surface area contributed by atoms with E-state index in [9.17, 15) is 24.0 Å². The van der Waals surface area contributed by atoms with Gasteiger partial charge in [-0.05, 0) is 61.6 Å². The highest BCUT2D eigenvalue weighted by Gasteiger charge is 2.47. The van der Waals surface area contributed by atoms with Gasteiger partial charge in [0, 0.05) is 30.8 Å². The Morgan fingerprint density at radius 1 is 1.02 bits per heavy atom. The normalized spacial score (nSPS) is 20.3. The number of aromatic nitrogens is 2. The van der Waals surface area contributed by atoms with E-state index < -0.39 is 65.1 Å². The number of hydrogen-bond donors (Lipinski definition) is 4. The molecule has 0 radical (unpaired) electrons. The van der Waals surface area contributed by atoms with Gasteiger partial charge in [0.25, 0.3) is 11.9 Å².